The third-order valence-corrected chi connectivity index (χ3v) is 2.89. The van der Waals surface area contributed by atoms with Crippen molar-refractivity contribution in [2.45, 2.75) is 51.4 Å². The Labute approximate surface area is 118 Å². The SMILES string of the molecule is O=C1CCC(=O)OCCCCO1.O=C1CCCCCO1. The molecule has 2 heterocycles. The molecular weight excluding hydrogens is 264 g/mol. The Bertz CT molecular complexity index is 296. The molecule has 114 valence electrons. The second-order valence-electron chi connectivity index (χ2n) is 4.68. The zero-order valence-corrected chi connectivity index (χ0v) is 11.7. The van der Waals surface area contributed by atoms with E-state index in [1.165, 1.54) is 0 Å². The quantitative estimate of drug-likeness (QED) is 0.498. The Kier molecular flexibility index (Phi) is 8.42. The average Bonchev–Trinajstić information content (AvgIpc) is 2.68. The Balaban J connectivity index is 0.000000217. The molecule has 0 unspecified atom stereocenters. The number of hydrogen-bond acceptors (Lipinski definition) is 6. The van der Waals surface area contributed by atoms with Crippen LogP contribution >= 0.6 is 0 Å². The maximum absolute atomic E-state index is 10.8. The first-order valence-electron chi connectivity index (χ1n) is 7.15. The summed E-state index contributed by atoms with van der Waals surface area (Å²) in [5.74, 6) is -0.648. The van der Waals surface area contributed by atoms with Gasteiger partial charge in [-0.2, -0.15) is 0 Å². The van der Waals surface area contributed by atoms with E-state index in [4.69, 9.17) is 14.2 Å². The van der Waals surface area contributed by atoms with Crippen molar-refractivity contribution in [3.63, 3.8) is 0 Å². The van der Waals surface area contributed by atoms with E-state index in [2.05, 4.69) is 0 Å². The first kappa shape index (κ1) is 16.5. The minimum Gasteiger partial charge on any atom is -0.466 e. The number of cyclic esters (lactones) is 3. The standard InChI is InChI=1S/C8H12O4.C6H10O2/c9-7-3-4-8(10)12-6-2-1-5-11-7;7-6-4-2-1-3-5-8-6/h1-6H2;1-5H2. The lowest BCUT2D eigenvalue weighted by Gasteiger charge is -2.08. The topological polar surface area (TPSA) is 78.9 Å². The zero-order chi connectivity index (χ0) is 14.6. The number of ether oxygens (including phenoxy) is 3. The molecule has 0 aromatic heterocycles. The van der Waals surface area contributed by atoms with Crippen LogP contribution in [0.4, 0.5) is 0 Å². The van der Waals surface area contributed by atoms with Crippen molar-refractivity contribution < 1.29 is 28.6 Å². The first-order chi connectivity index (χ1) is 9.68. The van der Waals surface area contributed by atoms with Gasteiger partial charge in [-0.05, 0) is 32.1 Å². The minimum absolute atomic E-state index is 0.0255. The van der Waals surface area contributed by atoms with Crippen LogP contribution in [-0.2, 0) is 28.6 Å². The van der Waals surface area contributed by atoms with Crippen molar-refractivity contribution in [3.05, 3.63) is 0 Å². The Hall–Kier alpha value is -1.59. The Morgan fingerprint density at radius 3 is 1.40 bits per heavy atom. The van der Waals surface area contributed by atoms with Crippen LogP contribution in [0.3, 0.4) is 0 Å². The highest BCUT2D eigenvalue weighted by atomic mass is 16.5. The molecule has 0 aromatic carbocycles. The van der Waals surface area contributed by atoms with Crippen molar-refractivity contribution in [1.29, 1.82) is 0 Å². The average molecular weight is 286 g/mol. The summed E-state index contributed by atoms with van der Waals surface area (Å²) in [6.07, 6.45) is 5.63. The highest BCUT2D eigenvalue weighted by Gasteiger charge is 2.10. The van der Waals surface area contributed by atoms with Crippen molar-refractivity contribution in [3.8, 4) is 0 Å². The fraction of sp³-hybridized carbons (Fsp3) is 0.786. The van der Waals surface area contributed by atoms with E-state index in [0.29, 0.717) is 26.2 Å². The largest absolute Gasteiger partial charge is 0.466 e. The van der Waals surface area contributed by atoms with E-state index in [9.17, 15) is 14.4 Å². The van der Waals surface area contributed by atoms with E-state index in [0.717, 1.165) is 32.1 Å². The molecule has 0 aromatic rings. The smallest absolute Gasteiger partial charge is 0.306 e. The van der Waals surface area contributed by atoms with Gasteiger partial charge in [-0.3, -0.25) is 14.4 Å². The van der Waals surface area contributed by atoms with Gasteiger partial charge in [-0.1, -0.05) is 0 Å². The third-order valence-electron chi connectivity index (χ3n) is 2.89. The molecule has 0 radical (unpaired) electrons. The lowest BCUT2D eigenvalue weighted by molar-refractivity contribution is -0.152. The number of esters is 3. The van der Waals surface area contributed by atoms with E-state index in [1.54, 1.807) is 0 Å². The van der Waals surface area contributed by atoms with Crippen LogP contribution in [0.15, 0.2) is 0 Å². The second kappa shape index (κ2) is 10.2. The second-order valence-corrected chi connectivity index (χ2v) is 4.68. The van der Waals surface area contributed by atoms with Gasteiger partial charge in [0, 0.05) is 6.42 Å². The summed E-state index contributed by atoms with van der Waals surface area (Å²) in [5, 5.41) is 0. The van der Waals surface area contributed by atoms with Gasteiger partial charge in [0.2, 0.25) is 0 Å². The maximum atomic E-state index is 10.8. The van der Waals surface area contributed by atoms with Gasteiger partial charge >= 0.3 is 17.9 Å². The summed E-state index contributed by atoms with van der Waals surface area (Å²) in [4.78, 5) is 32.1. The van der Waals surface area contributed by atoms with E-state index in [1.807, 2.05) is 0 Å². The monoisotopic (exact) mass is 286 g/mol. The van der Waals surface area contributed by atoms with Gasteiger partial charge in [-0.15, -0.1) is 0 Å². The predicted molar refractivity (Wildman–Crippen MR) is 69.8 cm³/mol. The molecule has 6 heteroatoms. The van der Waals surface area contributed by atoms with Gasteiger partial charge in [0.25, 0.3) is 0 Å². The summed E-state index contributed by atoms with van der Waals surface area (Å²) < 4.78 is 14.4. The molecule has 0 spiro atoms. The van der Waals surface area contributed by atoms with E-state index in [-0.39, 0.29) is 30.7 Å². The summed E-state index contributed by atoms with van der Waals surface area (Å²) in [6.45, 7) is 1.52. The normalized spacial score (nSPS) is 21.3. The van der Waals surface area contributed by atoms with E-state index >= 15 is 0 Å². The molecule has 2 saturated heterocycles. The summed E-state index contributed by atoms with van der Waals surface area (Å²) in [5.41, 5.74) is 0. The first-order valence-corrected chi connectivity index (χ1v) is 7.15. The van der Waals surface area contributed by atoms with Crippen LogP contribution < -0.4 is 0 Å². The van der Waals surface area contributed by atoms with Gasteiger partial charge in [0.1, 0.15) is 0 Å². The predicted octanol–water partition coefficient (Wildman–Crippen LogP) is 1.75. The molecule has 0 bridgehead atoms. The van der Waals surface area contributed by atoms with Crippen LogP contribution in [0.25, 0.3) is 0 Å². The molecule has 2 fully saturated rings. The molecular formula is C14H22O6. The number of carbonyl (C=O) groups is 3. The van der Waals surface area contributed by atoms with Crippen LogP contribution in [0, 0.1) is 0 Å². The zero-order valence-electron chi connectivity index (χ0n) is 11.7. The Morgan fingerprint density at radius 1 is 0.500 bits per heavy atom. The minimum atomic E-state index is -0.311. The molecule has 0 atom stereocenters. The Morgan fingerprint density at radius 2 is 0.900 bits per heavy atom. The van der Waals surface area contributed by atoms with Crippen LogP contribution in [0.5, 0.6) is 0 Å². The van der Waals surface area contributed by atoms with Crippen LogP contribution in [-0.4, -0.2) is 37.7 Å². The van der Waals surface area contributed by atoms with Crippen molar-refractivity contribution in [2.75, 3.05) is 19.8 Å². The molecule has 6 nitrogen and oxygen atoms in total. The number of carbonyl (C=O) groups excluding carboxylic acids is 3. The highest BCUT2D eigenvalue weighted by Crippen LogP contribution is 2.06. The van der Waals surface area contributed by atoms with Crippen LogP contribution in [0.2, 0.25) is 0 Å². The molecule has 2 rings (SSSR count). The molecule has 20 heavy (non-hydrogen) atoms. The summed E-state index contributed by atoms with van der Waals surface area (Å²) >= 11 is 0. The molecule has 0 amide bonds. The molecule has 0 saturated carbocycles. The third kappa shape index (κ3) is 8.50. The summed E-state index contributed by atoms with van der Waals surface area (Å²) in [7, 11) is 0. The summed E-state index contributed by atoms with van der Waals surface area (Å²) in [6, 6.07) is 0. The molecule has 0 aliphatic carbocycles. The van der Waals surface area contributed by atoms with Crippen molar-refractivity contribution in [2.24, 2.45) is 0 Å². The van der Waals surface area contributed by atoms with Crippen molar-refractivity contribution in [1.82, 2.24) is 0 Å². The lowest BCUT2D eigenvalue weighted by Crippen LogP contribution is -2.14. The maximum Gasteiger partial charge on any atom is 0.306 e. The van der Waals surface area contributed by atoms with Crippen molar-refractivity contribution >= 4 is 17.9 Å². The number of rotatable bonds is 0. The fourth-order valence-corrected chi connectivity index (χ4v) is 1.73. The van der Waals surface area contributed by atoms with Crippen LogP contribution in [0.1, 0.15) is 51.4 Å². The van der Waals surface area contributed by atoms with Gasteiger partial charge < -0.3 is 14.2 Å². The van der Waals surface area contributed by atoms with E-state index < -0.39 is 0 Å². The molecule has 2 aliphatic rings. The highest BCUT2D eigenvalue weighted by molar-refractivity contribution is 5.77. The molecule has 2 aliphatic heterocycles. The number of hydrogen-bond donors (Lipinski definition) is 0. The van der Waals surface area contributed by atoms with Gasteiger partial charge in [-0.25, -0.2) is 0 Å². The fourth-order valence-electron chi connectivity index (χ4n) is 1.73. The van der Waals surface area contributed by atoms with Gasteiger partial charge in [0.15, 0.2) is 0 Å². The van der Waals surface area contributed by atoms with Gasteiger partial charge in [0.05, 0.1) is 32.7 Å². The lowest BCUT2D eigenvalue weighted by atomic mass is 10.2. The molecule has 0 N–H and O–H groups in total.